The van der Waals surface area contributed by atoms with E-state index in [-0.39, 0.29) is 11.4 Å². The van der Waals surface area contributed by atoms with Crippen molar-refractivity contribution >= 4 is 22.6 Å². The molecule has 0 radical (unpaired) electrons. The highest BCUT2D eigenvalue weighted by atomic mass is 16.1. The lowest BCUT2D eigenvalue weighted by atomic mass is 10.2. The highest BCUT2D eigenvalue weighted by Crippen LogP contribution is 2.21. The van der Waals surface area contributed by atoms with Crippen molar-refractivity contribution in [2.45, 2.75) is 6.92 Å². The first-order valence-electron chi connectivity index (χ1n) is 9.77. The second-order valence-corrected chi connectivity index (χ2v) is 6.99. The van der Waals surface area contributed by atoms with Gasteiger partial charge in [-0.05, 0) is 37.3 Å². The number of aromatic nitrogens is 6. The molecule has 0 atom stereocenters. The maximum atomic E-state index is 13.1. The largest absolute Gasteiger partial charge is 0.305 e. The van der Waals surface area contributed by atoms with Crippen molar-refractivity contribution in [1.29, 1.82) is 5.26 Å². The maximum absolute atomic E-state index is 13.1. The van der Waals surface area contributed by atoms with Gasteiger partial charge in [-0.25, -0.2) is 14.6 Å². The molecular weight excluding hydrogens is 404 g/mol. The van der Waals surface area contributed by atoms with Crippen LogP contribution in [0.2, 0.25) is 0 Å². The third-order valence-electron chi connectivity index (χ3n) is 5.04. The number of pyridine rings is 2. The van der Waals surface area contributed by atoms with Crippen LogP contribution in [0.1, 0.15) is 21.6 Å². The normalized spacial score (nSPS) is 10.8. The van der Waals surface area contributed by atoms with Crippen LogP contribution in [0.3, 0.4) is 0 Å². The lowest BCUT2D eigenvalue weighted by Crippen LogP contribution is -2.17. The molecule has 0 aliphatic rings. The van der Waals surface area contributed by atoms with E-state index in [9.17, 15) is 10.1 Å². The summed E-state index contributed by atoms with van der Waals surface area (Å²) in [5, 5.41) is 21.8. The first kappa shape index (κ1) is 19.1. The smallest absolute Gasteiger partial charge is 0.260 e. The Labute approximate surface area is 182 Å². The van der Waals surface area contributed by atoms with E-state index >= 15 is 0 Å². The van der Waals surface area contributed by atoms with Crippen molar-refractivity contribution in [3.05, 3.63) is 90.0 Å². The van der Waals surface area contributed by atoms with Gasteiger partial charge in [-0.15, -0.1) is 0 Å². The number of rotatable bonds is 4. The second kappa shape index (κ2) is 7.77. The third-order valence-corrected chi connectivity index (χ3v) is 5.04. The van der Waals surface area contributed by atoms with Gasteiger partial charge in [0, 0.05) is 11.6 Å². The van der Waals surface area contributed by atoms with Crippen LogP contribution in [0.5, 0.6) is 0 Å². The average molecular weight is 420 g/mol. The zero-order valence-electron chi connectivity index (χ0n) is 17.0. The molecule has 1 amide bonds. The van der Waals surface area contributed by atoms with Gasteiger partial charge in [-0.1, -0.05) is 24.3 Å². The van der Waals surface area contributed by atoms with Crippen molar-refractivity contribution in [2.75, 3.05) is 5.32 Å². The number of anilines is 1. The van der Waals surface area contributed by atoms with Crippen LogP contribution in [0.4, 0.5) is 5.82 Å². The highest BCUT2D eigenvalue weighted by Gasteiger charge is 2.20. The molecule has 32 heavy (non-hydrogen) atoms. The summed E-state index contributed by atoms with van der Waals surface area (Å²) < 4.78 is 3.03. The molecule has 5 aromatic rings. The molecule has 9 heteroatoms. The van der Waals surface area contributed by atoms with Gasteiger partial charge in [0.05, 0.1) is 29.2 Å². The van der Waals surface area contributed by atoms with Crippen molar-refractivity contribution < 1.29 is 4.79 Å². The lowest BCUT2D eigenvalue weighted by Gasteiger charge is -2.09. The van der Waals surface area contributed by atoms with E-state index in [1.165, 1.54) is 17.1 Å². The van der Waals surface area contributed by atoms with Gasteiger partial charge in [-0.3, -0.25) is 4.79 Å². The van der Waals surface area contributed by atoms with Gasteiger partial charge >= 0.3 is 0 Å². The number of carbonyl (C=O) groups is 1. The number of amides is 1. The summed E-state index contributed by atoms with van der Waals surface area (Å²) in [5.74, 6) is 0.921. The van der Waals surface area contributed by atoms with Gasteiger partial charge in [0.15, 0.2) is 17.5 Å². The number of fused-ring (bicyclic) bond motifs is 1. The second-order valence-electron chi connectivity index (χ2n) is 6.99. The molecule has 0 spiro atoms. The molecule has 0 aliphatic carbocycles. The fourth-order valence-corrected chi connectivity index (χ4v) is 3.41. The Morgan fingerprint density at radius 1 is 0.969 bits per heavy atom. The summed E-state index contributed by atoms with van der Waals surface area (Å²) in [4.78, 5) is 22.0. The Hall–Kier alpha value is -4.84. The van der Waals surface area contributed by atoms with Crippen LogP contribution in [-0.4, -0.2) is 35.4 Å². The molecule has 5 rings (SSSR count). The Kier molecular flexibility index (Phi) is 4.65. The summed E-state index contributed by atoms with van der Waals surface area (Å²) in [6.45, 7) is 1.79. The highest BCUT2D eigenvalue weighted by molar-refractivity contribution is 6.05. The molecule has 1 aromatic carbocycles. The molecule has 9 nitrogen and oxygen atoms in total. The SMILES string of the molecule is Cc1c(C(=O)Nc2c(C#N)cnn2-c2ccccn2)cnn1-c1ccc2ccccc2n1. The molecule has 0 bridgehead atoms. The predicted octanol–water partition coefficient (Wildman–Crippen LogP) is 3.43. The topological polar surface area (TPSA) is 114 Å². The van der Waals surface area contributed by atoms with Gasteiger partial charge in [0.25, 0.3) is 5.91 Å². The van der Waals surface area contributed by atoms with E-state index in [1.54, 1.807) is 36.0 Å². The molecule has 154 valence electrons. The summed E-state index contributed by atoms with van der Waals surface area (Å²) in [7, 11) is 0. The number of carbonyl (C=O) groups excluding carboxylic acids is 1. The monoisotopic (exact) mass is 420 g/mol. The number of hydrogen-bond donors (Lipinski definition) is 1. The number of benzene rings is 1. The zero-order chi connectivity index (χ0) is 22.1. The Morgan fingerprint density at radius 3 is 2.59 bits per heavy atom. The summed E-state index contributed by atoms with van der Waals surface area (Å²) in [6.07, 6.45) is 4.48. The van der Waals surface area contributed by atoms with E-state index in [1.807, 2.05) is 42.5 Å². The van der Waals surface area contributed by atoms with Crippen LogP contribution in [-0.2, 0) is 0 Å². The minimum Gasteiger partial charge on any atom is -0.305 e. The molecule has 1 N–H and O–H groups in total. The molecular formula is C23H16N8O. The third kappa shape index (κ3) is 3.26. The average Bonchev–Trinajstić information content (AvgIpc) is 3.42. The fourth-order valence-electron chi connectivity index (χ4n) is 3.41. The van der Waals surface area contributed by atoms with Crippen LogP contribution in [0, 0.1) is 18.3 Å². The van der Waals surface area contributed by atoms with Crippen LogP contribution < -0.4 is 5.32 Å². The lowest BCUT2D eigenvalue weighted by molar-refractivity contribution is 0.102. The Bertz CT molecular complexity index is 1490. The Morgan fingerprint density at radius 2 is 1.78 bits per heavy atom. The maximum Gasteiger partial charge on any atom is 0.260 e. The van der Waals surface area contributed by atoms with Gasteiger partial charge < -0.3 is 5.32 Å². The van der Waals surface area contributed by atoms with Crippen LogP contribution in [0.25, 0.3) is 22.5 Å². The summed E-state index contributed by atoms with van der Waals surface area (Å²) in [6, 6.07) is 19.0. The van der Waals surface area contributed by atoms with E-state index in [0.29, 0.717) is 22.9 Å². The molecule has 0 aliphatic heterocycles. The number of nitrogens with one attached hydrogen (secondary N) is 1. The zero-order valence-corrected chi connectivity index (χ0v) is 17.0. The van der Waals surface area contributed by atoms with Crippen molar-refractivity contribution in [2.24, 2.45) is 0 Å². The van der Waals surface area contributed by atoms with Crippen molar-refractivity contribution in [3.63, 3.8) is 0 Å². The molecule has 0 saturated heterocycles. The van der Waals surface area contributed by atoms with E-state index in [0.717, 1.165) is 10.9 Å². The van der Waals surface area contributed by atoms with E-state index in [2.05, 4.69) is 25.5 Å². The number of hydrogen-bond acceptors (Lipinski definition) is 6. The van der Waals surface area contributed by atoms with Crippen molar-refractivity contribution in [3.8, 4) is 17.7 Å². The fraction of sp³-hybridized carbons (Fsp3) is 0.0435. The van der Waals surface area contributed by atoms with Crippen molar-refractivity contribution in [1.82, 2.24) is 29.5 Å². The molecule has 4 aromatic heterocycles. The standard InChI is InChI=1S/C23H16N8O/c1-15-18(14-27-30(15)21-10-9-16-6-2-3-7-19(16)28-21)23(32)29-22-17(12-24)13-26-31(22)20-8-4-5-11-25-20/h2-11,13-14H,1H3,(H,29,32). The Balaban J connectivity index is 1.49. The van der Waals surface area contributed by atoms with E-state index in [4.69, 9.17) is 0 Å². The number of para-hydroxylation sites is 1. The van der Waals surface area contributed by atoms with E-state index < -0.39 is 5.91 Å². The number of nitrogens with zero attached hydrogens (tertiary/aromatic N) is 7. The van der Waals surface area contributed by atoms with Gasteiger partial charge in [0.1, 0.15) is 11.6 Å². The predicted molar refractivity (Wildman–Crippen MR) is 118 cm³/mol. The molecule has 0 saturated carbocycles. The first-order chi connectivity index (χ1) is 15.7. The minimum absolute atomic E-state index is 0.227. The quantitative estimate of drug-likeness (QED) is 0.476. The van der Waals surface area contributed by atoms with Gasteiger partial charge in [0.2, 0.25) is 0 Å². The van der Waals surface area contributed by atoms with Crippen LogP contribution >= 0.6 is 0 Å². The molecule has 0 fully saturated rings. The first-order valence-corrected chi connectivity index (χ1v) is 9.77. The number of nitriles is 1. The van der Waals surface area contributed by atoms with Gasteiger partial charge in [-0.2, -0.15) is 20.1 Å². The summed E-state index contributed by atoms with van der Waals surface area (Å²) >= 11 is 0. The summed E-state index contributed by atoms with van der Waals surface area (Å²) in [5.41, 5.74) is 2.04. The molecule has 0 unspecified atom stereocenters. The molecule has 4 heterocycles. The minimum atomic E-state index is -0.413. The van der Waals surface area contributed by atoms with Crippen LogP contribution in [0.15, 0.2) is 73.2 Å².